The summed E-state index contributed by atoms with van der Waals surface area (Å²) >= 11 is 0. The summed E-state index contributed by atoms with van der Waals surface area (Å²) in [6, 6.07) is 0. The van der Waals surface area contributed by atoms with Crippen molar-refractivity contribution in [2.75, 3.05) is 6.54 Å². The van der Waals surface area contributed by atoms with Crippen LogP contribution in [0.15, 0.2) is 0 Å². The largest absolute Gasteiger partial charge is 0.341 e. The molecule has 0 unspecified atom stereocenters. The molecule has 4 nitrogen and oxygen atoms in total. The van der Waals surface area contributed by atoms with Gasteiger partial charge in [0.2, 0.25) is 11.8 Å². The SMILES string of the molecule is CCC1(N2CC(=O)NC(C)(C)C2=O)CCC1. The number of rotatable bonds is 2. The molecule has 2 rings (SSSR count). The van der Waals surface area contributed by atoms with Crippen LogP contribution in [-0.2, 0) is 9.59 Å². The van der Waals surface area contributed by atoms with Gasteiger partial charge in [-0.05, 0) is 39.5 Å². The molecule has 90 valence electrons. The van der Waals surface area contributed by atoms with E-state index in [9.17, 15) is 9.59 Å². The third-order valence-electron chi connectivity index (χ3n) is 4.05. The molecule has 0 bridgehead atoms. The minimum Gasteiger partial charge on any atom is -0.341 e. The van der Waals surface area contributed by atoms with Crippen LogP contribution in [0.3, 0.4) is 0 Å². The van der Waals surface area contributed by atoms with Gasteiger partial charge in [-0.15, -0.1) is 0 Å². The Morgan fingerprint density at radius 1 is 1.31 bits per heavy atom. The van der Waals surface area contributed by atoms with E-state index in [-0.39, 0.29) is 23.9 Å². The molecule has 1 N–H and O–H groups in total. The summed E-state index contributed by atoms with van der Waals surface area (Å²) in [5, 5.41) is 2.75. The molecular weight excluding hydrogens is 204 g/mol. The molecule has 0 aromatic rings. The molecule has 1 heterocycles. The first-order valence-corrected chi connectivity index (χ1v) is 6.04. The van der Waals surface area contributed by atoms with E-state index in [0.29, 0.717) is 0 Å². The summed E-state index contributed by atoms with van der Waals surface area (Å²) < 4.78 is 0. The molecule has 1 saturated carbocycles. The average molecular weight is 224 g/mol. The second-order valence-corrected chi connectivity index (χ2v) is 5.50. The van der Waals surface area contributed by atoms with Crippen molar-refractivity contribution in [3.8, 4) is 0 Å². The Morgan fingerprint density at radius 3 is 2.38 bits per heavy atom. The van der Waals surface area contributed by atoms with Gasteiger partial charge >= 0.3 is 0 Å². The lowest BCUT2D eigenvalue weighted by Gasteiger charge is -2.53. The smallest absolute Gasteiger partial charge is 0.248 e. The quantitative estimate of drug-likeness (QED) is 0.762. The summed E-state index contributed by atoms with van der Waals surface area (Å²) in [6.07, 6.45) is 4.19. The predicted molar refractivity (Wildman–Crippen MR) is 60.8 cm³/mol. The van der Waals surface area contributed by atoms with E-state index in [1.165, 1.54) is 6.42 Å². The van der Waals surface area contributed by atoms with E-state index in [0.717, 1.165) is 19.3 Å². The lowest BCUT2D eigenvalue weighted by atomic mass is 9.72. The zero-order chi connectivity index (χ0) is 12.0. The van der Waals surface area contributed by atoms with Crippen molar-refractivity contribution in [2.45, 2.75) is 57.5 Å². The second kappa shape index (κ2) is 3.47. The second-order valence-electron chi connectivity index (χ2n) is 5.50. The third-order valence-corrected chi connectivity index (χ3v) is 4.05. The molecule has 0 spiro atoms. The van der Waals surface area contributed by atoms with E-state index in [2.05, 4.69) is 12.2 Å². The van der Waals surface area contributed by atoms with Crippen LogP contribution in [0, 0.1) is 0 Å². The van der Waals surface area contributed by atoms with Crippen molar-refractivity contribution in [1.82, 2.24) is 10.2 Å². The molecule has 2 amide bonds. The fourth-order valence-corrected chi connectivity index (χ4v) is 2.78. The van der Waals surface area contributed by atoms with Gasteiger partial charge < -0.3 is 10.2 Å². The molecule has 2 fully saturated rings. The van der Waals surface area contributed by atoms with Crippen LogP contribution in [-0.4, -0.2) is 34.3 Å². The van der Waals surface area contributed by atoms with Gasteiger partial charge in [0.05, 0.1) is 0 Å². The maximum Gasteiger partial charge on any atom is 0.248 e. The molecule has 0 aromatic heterocycles. The maximum absolute atomic E-state index is 12.3. The maximum atomic E-state index is 12.3. The van der Waals surface area contributed by atoms with Gasteiger partial charge in [-0.2, -0.15) is 0 Å². The normalized spacial score (nSPS) is 27.3. The molecule has 0 atom stereocenters. The lowest BCUT2D eigenvalue weighted by Crippen LogP contribution is -2.70. The molecule has 0 radical (unpaired) electrons. The number of carbonyl (C=O) groups excluding carboxylic acids is 2. The Balaban J connectivity index is 2.26. The fourth-order valence-electron chi connectivity index (χ4n) is 2.78. The van der Waals surface area contributed by atoms with Crippen molar-refractivity contribution < 1.29 is 9.59 Å². The summed E-state index contributed by atoms with van der Waals surface area (Å²) in [5.41, 5.74) is -0.779. The van der Waals surface area contributed by atoms with Crippen LogP contribution in [0.1, 0.15) is 46.5 Å². The van der Waals surface area contributed by atoms with Crippen LogP contribution >= 0.6 is 0 Å². The minimum atomic E-state index is -0.743. The van der Waals surface area contributed by atoms with Crippen LogP contribution < -0.4 is 5.32 Å². The van der Waals surface area contributed by atoms with Gasteiger partial charge in [-0.3, -0.25) is 9.59 Å². The Morgan fingerprint density at radius 2 is 1.94 bits per heavy atom. The molecule has 1 aliphatic heterocycles. The third kappa shape index (κ3) is 1.51. The summed E-state index contributed by atoms with van der Waals surface area (Å²) in [6.45, 7) is 5.89. The van der Waals surface area contributed by atoms with Crippen molar-refractivity contribution in [3.63, 3.8) is 0 Å². The molecular formula is C12H20N2O2. The van der Waals surface area contributed by atoms with Crippen molar-refractivity contribution >= 4 is 11.8 Å². The predicted octanol–water partition coefficient (Wildman–Crippen LogP) is 1.06. The monoisotopic (exact) mass is 224 g/mol. The number of nitrogens with zero attached hydrogens (tertiary/aromatic N) is 1. The fraction of sp³-hybridized carbons (Fsp3) is 0.833. The van der Waals surface area contributed by atoms with E-state index in [4.69, 9.17) is 0 Å². The first-order valence-electron chi connectivity index (χ1n) is 6.04. The highest BCUT2D eigenvalue weighted by Gasteiger charge is 2.50. The summed E-state index contributed by atoms with van der Waals surface area (Å²) in [7, 11) is 0. The van der Waals surface area contributed by atoms with Gasteiger partial charge in [-0.25, -0.2) is 0 Å². The Bertz CT molecular complexity index is 326. The average Bonchev–Trinajstić information content (AvgIpc) is 2.11. The number of hydrogen-bond acceptors (Lipinski definition) is 2. The molecule has 1 aliphatic carbocycles. The highest BCUT2D eigenvalue weighted by atomic mass is 16.2. The number of nitrogens with one attached hydrogen (secondary N) is 1. The van der Waals surface area contributed by atoms with E-state index < -0.39 is 5.54 Å². The standard InChI is InChI=1S/C12H20N2O2/c1-4-12(6-5-7-12)14-8-9(15)13-11(2,3)10(14)16/h4-8H2,1-3H3,(H,13,15). The zero-order valence-corrected chi connectivity index (χ0v) is 10.3. The molecule has 4 heteroatoms. The van der Waals surface area contributed by atoms with Crippen LogP contribution in [0.25, 0.3) is 0 Å². The van der Waals surface area contributed by atoms with Crippen LogP contribution in [0.5, 0.6) is 0 Å². The van der Waals surface area contributed by atoms with Crippen LogP contribution in [0.2, 0.25) is 0 Å². The van der Waals surface area contributed by atoms with Crippen molar-refractivity contribution in [3.05, 3.63) is 0 Å². The minimum absolute atomic E-state index is 0.0356. The highest BCUT2D eigenvalue weighted by molar-refractivity contribution is 5.97. The Kier molecular flexibility index (Phi) is 2.48. The van der Waals surface area contributed by atoms with Gasteiger partial charge in [0.1, 0.15) is 12.1 Å². The summed E-state index contributed by atoms with van der Waals surface area (Å²) in [5.74, 6) is 0.0259. The number of piperazine rings is 1. The van der Waals surface area contributed by atoms with E-state index in [1.54, 1.807) is 13.8 Å². The van der Waals surface area contributed by atoms with Gasteiger partial charge in [0.15, 0.2) is 0 Å². The number of carbonyl (C=O) groups is 2. The van der Waals surface area contributed by atoms with Gasteiger partial charge in [0, 0.05) is 5.54 Å². The molecule has 1 saturated heterocycles. The lowest BCUT2D eigenvalue weighted by molar-refractivity contribution is -0.159. The topological polar surface area (TPSA) is 49.4 Å². The zero-order valence-electron chi connectivity index (χ0n) is 10.3. The number of amides is 2. The molecule has 16 heavy (non-hydrogen) atoms. The highest BCUT2D eigenvalue weighted by Crippen LogP contribution is 2.42. The van der Waals surface area contributed by atoms with Crippen LogP contribution in [0.4, 0.5) is 0 Å². The molecule has 0 aromatic carbocycles. The first-order chi connectivity index (χ1) is 7.41. The van der Waals surface area contributed by atoms with Gasteiger partial charge in [-0.1, -0.05) is 6.92 Å². The van der Waals surface area contributed by atoms with Crippen molar-refractivity contribution in [1.29, 1.82) is 0 Å². The Hall–Kier alpha value is -1.06. The van der Waals surface area contributed by atoms with E-state index >= 15 is 0 Å². The first kappa shape index (κ1) is 11.4. The Labute approximate surface area is 96.4 Å². The van der Waals surface area contributed by atoms with E-state index in [1.807, 2.05) is 4.90 Å². The number of hydrogen-bond donors (Lipinski definition) is 1. The van der Waals surface area contributed by atoms with Crippen molar-refractivity contribution in [2.24, 2.45) is 0 Å². The summed E-state index contributed by atoms with van der Waals surface area (Å²) in [4.78, 5) is 25.7. The molecule has 2 aliphatic rings. The van der Waals surface area contributed by atoms with Gasteiger partial charge in [0.25, 0.3) is 0 Å².